The molecule has 0 radical (unpaired) electrons. The van der Waals surface area contributed by atoms with Gasteiger partial charge >= 0.3 is 0 Å². The van der Waals surface area contributed by atoms with E-state index < -0.39 is 0 Å². The van der Waals surface area contributed by atoms with Gasteiger partial charge in [-0.2, -0.15) is 10.2 Å². The lowest BCUT2D eigenvalue weighted by Gasteiger charge is -2.18. The van der Waals surface area contributed by atoms with E-state index in [-0.39, 0.29) is 0 Å². The first-order chi connectivity index (χ1) is 10.3. The molecule has 2 nitrogen and oxygen atoms in total. The van der Waals surface area contributed by atoms with E-state index >= 15 is 0 Å². The van der Waals surface area contributed by atoms with Gasteiger partial charge in [0, 0.05) is 0 Å². The molecule has 1 aromatic heterocycles. The van der Waals surface area contributed by atoms with E-state index in [0.29, 0.717) is 11.8 Å². The maximum Gasteiger partial charge on any atom is 0.0688 e. The molecule has 0 spiro atoms. The molecular weight excluding hydrogens is 268 g/mol. The molecule has 1 heterocycles. The zero-order chi connectivity index (χ0) is 16.4. The van der Waals surface area contributed by atoms with Crippen LogP contribution in [0.2, 0.25) is 0 Å². The molecule has 0 aliphatic carbocycles. The van der Waals surface area contributed by atoms with Crippen molar-refractivity contribution in [3.8, 4) is 0 Å². The highest BCUT2D eigenvalue weighted by Gasteiger charge is 2.16. The van der Waals surface area contributed by atoms with Crippen molar-refractivity contribution in [2.75, 3.05) is 0 Å². The highest BCUT2D eigenvalue weighted by atomic mass is 15.1. The summed E-state index contributed by atoms with van der Waals surface area (Å²) in [4.78, 5) is 0. The fourth-order valence-corrected chi connectivity index (χ4v) is 3.19. The SMILES string of the molecule is Cc1ccc([C@@H](C)Cc2nnc(C(C)C)c(C)c2C)c(C)c1. The molecular formula is C20H28N2. The van der Waals surface area contributed by atoms with E-state index in [2.05, 4.69) is 76.9 Å². The Morgan fingerprint density at radius 2 is 1.59 bits per heavy atom. The Bertz CT molecular complexity index is 672. The van der Waals surface area contributed by atoms with Crippen LogP contribution in [0.1, 0.15) is 71.8 Å². The number of aryl methyl sites for hydroxylation is 2. The van der Waals surface area contributed by atoms with E-state index in [1.807, 2.05) is 0 Å². The first-order valence-electron chi connectivity index (χ1n) is 8.21. The van der Waals surface area contributed by atoms with Crippen LogP contribution >= 0.6 is 0 Å². The standard InChI is InChI=1S/C20H28N2/c1-12(2)20-17(7)16(6)19(21-22-20)11-15(5)18-9-8-13(3)10-14(18)4/h8-10,12,15H,11H2,1-7H3/t15-/m0/s1. The minimum Gasteiger partial charge on any atom is -0.155 e. The number of hydrogen-bond donors (Lipinski definition) is 0. The number of rotatable bonds is 4. The Labute approximate surface area is 135 Å². The first kappa shape index (κ1) is 16.7. The van der Waals surface area contributed by atoms with Crippen molar-refractivity contribution in [1.29, 1.82) is 0 Å². The van der Waals surface area contributed by atoms with Crippen molar-refractivity contribution >= 4 is 0 Å². The molecule has 0 amide bonds. The predicted molar refractivity (Wildman–Crippen MR) is 93.6 cm³/mol. The second-order valence-electron chi connectivity index (χ2n) is 6.90. The Morgan fingerprint density at radius 1 is 0.909 bits per heavy atom. The second-order valence-corrected chi connectivity index (χ2v) is 6.90. The summed E-state index contributed by atoms with van der Waals surface area (Å²) in [6.45, 7) is 15.3. The third-order valence-electron chi connectivity index (χ3n) is 4.66. The molecule has 1 aromatic carbocycles. The fourth-order valence-electron chi connectivity index (χ4n) is 3.19. The maximum atomic E-state index is 4.52. The summed E-state index contributed by atoms with van der Waals surface area (Å²) in [7, 11) is 0. The van der Waals surface area contributed by atoms with Crippen LogP contribution in [0.25, 0.3) is 0 Å². The van der Waals surface area contributed by atoms with Crippen LogP contribution in [0.4, 0.5) is 0 Å². The average molecular weight is 296 g/mol. The summed E-state index contributed by atoms with van der Waals surface area (Å²) in [5.74, 6) is 0.884. The normalized spacial score (nSPS) is 12.7. The molecule has 22 heavy (non-hydrogen) atoms. The molecule has 0 N–H and O–H groups in total. The summed E-state index contributed by atoms with van der Waals surface area (Å²) >= 11 is 0. The van der Waals surface area contributed by atoms with Crippen LogP contribution < -0.4 is 0 Å². The van der Waals surface area contributed by atoms with Gasteiger partial charge in [-0.1, -0.05) is 44.5 Å². The Balaban J connectivity index is 2.29. The molecule has 0 unspecified atom stereocenters. The van der Waals surface area contributed by atoms with Crippen molar-refractivity contribution in [2.24, 2.45) is 0 Å². The maximum absolute atomic E-state index is 4.52. The number of aromatic nitrogens is 2. The highest BCUT2D eigenvalue weighted by molar-refractivity contribution is 5.36. The summed E-state index contributed by atoms with van der Waals surface area (Å²) in [6, 6.07) is 6.72. The van der Waals surface area contributed by atoms with Crippen LogP contribution in [-0.4, -0.2) is 10.2 Å². The van der Waals surface area contributed by atoms with Crippen LogP contribution in [0.3, 0.4) is 0 Å². The van der Waals surface area contributed by atoms with Crippen molar-refractivity contribution in [3.05, 3.63) is 57.4 Å². The van der Waals surface area contributed by atoms with Crippen LogP contribution in [0.5, 0.6) is 0 Å². The van der Waals surface area contributed by atoms with E-state index in [9.17, 15) is 0 Å². The molecule has 0 saturated heterocycles. The zero-order valence-electron chi connectivity index (χ0n) is 15.0. The molecule has 0 aliphatic heterocycles. The minimum absolute atomic E-state index is 0.428. The molecule has 0 saturated carbocycles. The summed E-state index contributed by atoms with van der Waals surface area (Å²) in [6.07, 6.45) is 0.946. The Morgan fingerprint density at radius 3 is 2.18 bits per heavy atom. The molecule has 0 fully saturated rings. The van der Waals surface area contributed by atoms with Gasteiger partial charge < -0.3 is 0 Å². The van der Waals surface area contributed by atoms with E-state index in [1.54, 1.807) is 0 Å². The molecule has 0 aliphatic rings. The minimum atomic E-state index is 0.428. The van der Waals surface area contributed by atoms with Gasteiger partial charge in [0.2, 0.25) is 0 Å². The summed E-state index contributed by atoms with van der Waals surface area (Å²) in [5, 5.41) is 8.99. The average Bonchev–Trinajstić information content (AvgIpc) is 2.43. The third-order valence-corrected chi connectivity index (χ3v) is 4.66. The number of benzene rings is 1. The monoisotopic (exact) mass is 296 g/mol. The van der Waals surface area contributed by atoms with Gasteiger partial charge in [0.1, 0.15) is 0 Å². The largest absolute Gasteiger partial charge is 0.155 e. The lowest BCUT2D eigenvalue weighted by atomic mass is 9.89. The number of nitrogens with zero attached hydrogens (tertiary/aromatic N) is 2. The lowest BCUT2D eigenvalue weighted by Crippen LogP contribution is -2.10. The van der Waals surface area contributed by atoms with Crippen molar-refractivity contribution in [1.82, 2.24) is 10.2 Å². The van der Waals surface area contributed by atoms with E-state index in [0.717, 1.165) is 17.8 Å². The van der Waals surface area contributed by atoms with E-state index in [1.165, 1.54) is 27.8 Å². The predicted octanol–water partition coefficient (Wildman–Crippen LogP) is 5.18. The Hall–Kier alpha value is -1.70. The summed E-state index contributed by atoms with van der Waals surface area (Å²) in [5.41, 5.74) is 8.96. The lowest BCUT2D eigenvalue weighted by molar-refractivity contribution is 0.691. The summed E-state index contributed by atoms with van der Waals surface area (Å²) < 4.78 is 0. The molecule has 2 aromatic rings. The van der Waals surface area contributed by atoms with Gasteiger partial charge in [-0.05, 0) is 68.2 Å². The highest BCUT2D eigenvalue weighted by Crippen LogP contribution is 2.27. The first-order valence-corrected chi connectivity index (χ1v) is 8.21. The van der Waals surface area contributed by atoms with Crippen LogP contribution in [0.15, 0.2) is 18.2 Å². The van der Waals surface area contributed by atoms with Gasteiger partial charge in [-0.25, -0.2) is 0 Å². The van der Waals surface area contributed by atoms with Gasteiger partial charge in [0.05, 0.1) is 11.4 Å². The second kappa shape index (κ2) is 6.60. The smallest absolute Gasteiger partial charge is 0.0688 e. The van der Waals surface area contributed by atoms with Crippen molar-refractivity contribution in [3.63, 3.8) is 0 Å². The number of hydrogen-bond acceptors (Lipinski definition) is 2. The van der Waals surface area contributed by atoms with Crippen LogP contribution in [0, 0.1) is 27.7 Å². The fraction of sp³-hybridized carbons (Fsp3) is 0.500. The topological polar surface area (TPSA) is 25.8 Å². The third kappa shape index (κ3) is 3.37. The van der Waals surface area contributed by atoms with Gasteiger partial charge in [0.25, 0.3) is 0 Å². The molecule has 2 heteroatoms. The van der Waals surface area contributed by atoms with Crippen molar-refractivity contribution in [2.45, 2.75) is 66.7 Å². The van der Waals surface area contributed by atoms with Gasteiger partial charge in [-0.15, -0.1) is 0 Å². The molecule has 0 bridgehead atoms. The van der Waals surface area contributed by atoms with Crippen molar-refractivity contribution < 1.29 is 0 Å². The zero-order valence-corrected chi connectivity index (χ0v) is 15.0. The van der Waals surface area contributed by atoms with Gasteiger partial charge in [0.15, 0.2) is 0 Å². The van der Waals surface area contributed by atoms with Crippen LogP contribution in [-0.2, 0) is 6.42 Å². The molecule has 118 valence electrons. The van der Waals surface area contributed by atoms with E-state index in [4.69, 9.17) is 0 Å². The quantitative estimate of drug-likeness (QED) is 0.777. The molecule has 1 atom stereocenters. The molecule has 2 rings (SSSR count). The van der Waals surface area contributed by atoms with Gasteiger partial charge in [-0.3, -0.25) is 0 Å². The Kier molecular flexibility index (Phi) is 5.00.